The Kier molecular flexibility index (Phi) is 4.19. The van der Waals surface area contributed by atoms with E-state index in [-0.39, 0.29) is 0 Å². The van der Waals surface area contributed by atoms with Crippen LogP contribution in [0.25, 0.3) is 10.9 Å². The van der Waals surface area contributed by atoms with Gasteiger partial charge in [-0.3, -0.25) is 0 Å². The van der Waals surface area contributed by atoms with E-state index in [1.807, 2.05) is 55.5 Å². The van der Waals surface area contributed by atoms with Crippen molar-refractivity contribution in [2.75, 3.05) is 5.32 Å². The topological polar surface area (TPSA) is 24.9 Å². The van der Waals surface area contributed by atoms with Crippen LogP contribution in [0.1, 0.15) is 6.92 Å². The summed E-state index contributed by atoms with van der Waals surface area (Å²) in [5.74, 6) is 0.771. The minimum absolute atomic E-state index is 0.685. The second kappa shape index (κ2) is 6.05. The number of hydrogen-bond acceptors (Lipinski definition) is 2. The van der Waals surface area contributed by atoms with Crippen molar-refractivity contribution in [1.29, 1.82) is 0 Å². The zero-order chi connectivity index (χ0) is 13.7. The van der Waals surface area contributed by atoms with Crippen molar-refractivity contribution in [2.45, 2.75) is 6.92 Å². The molecule has 0 atom stereocenters. The highest BCUT2D eigenvalue weighted by Crippen LogP contribution is 2.14. The Labute approximate surface area is 115 Å². The van der Waals surface area contributed by atoms with Crippen LogP contribution in [-0.4, -0.2) is 12.8 Å². The van der Waals surface area contributed by atoms with Crippen LogP contribution in [0.4, 0.5) is 5.82 Å². The molecule has 0 bridgehead atoms. The number of nitrogens with one attached hydrogen (secondary N) is 1. The Bertz CT molecular complexity index is 657. The average molecular weight is 246 g/mol. The first kappa shape index (κ1) is 13.2. The average Bonchev–Trinajstić information content (AvgIpc) is 2.44. The normalized spacial score (nSPS) is 11.9. The number of hydrogen-bond donors (Lipinski definition) is 1. The van der Waals surface area contributed by atoms with Crippen LogP contribution in [0.3, 0.4) is 0 Å². The fraction of sp³-hybridized carbons (Fsp3) is 0.0625. The summed E-state index contributed by atoms with van der Waals surface area (Å²) in [4.78, 5) is 4.53. The van der Waals surface area contributed by atoms with E-state index in [2.05, 4.69) is 16.9 Å². The molecule has 1 heterocycles. The van der Waals surface area contributed by atoms with Gasteiger partial charge in [-0.05, 0) is 30.5 Å². The molecule has 0 saturated heterocycles. The number of benzene rings is 1. The van der Waals surface area contributed by atoms with E-state index in [1.54, 1.807) is 6.08 Å². The van der Waals surface area contributed by atoms with Crippen LogP contribution >= 0.6 is 0 Å². The van der Waals surface area contributed by atoms with Gasteiger partial charge >= 0.3 is 0 Å². The molecule has 0 aliphatic heterocycles. The molecule has 2 radical (unpaired) electrons. The minimum atomic E-state index is 0.685. The summed E-state index contributed by atoms with van der Waals surface area (Å²) in [5, 5.41) is 4.28. The van der Waals surface area contributed by atoms with Gasteiger partial charge in [0, 0.05) is 5.70 Å². The highest BCUT2D eigenvalue weighted by Gasteiger charge is 2.00. The number of pyridine rings is 1. The molecule has 0 amide bonds. The van der Waals surface area contributed by atoms with E-state index in [9.17, 15) is 0 Å². The smallest absolute Gasteiger partial charge is 0.131 e. The maximum atomic E-state index is 5.94. The lowest BCUT2D eigenvalue weighted by Gasteiger charge is -2.08. The highest BCUT2D eigenvalue weighted by molar-refractivity contribution is 6.38. The largest absolute Gasteiger partial charge is 0.341 e. The standard InChI is InChI=1S/C16H15BN2/c1-3-5-8-13(4-2)18-15-11-10-12-7-6-9-14(17)16(12)19-15/h3-11H,1H2,2H3,(H,18,19)/b8-5-,13-4+. The van der Waals surface area contributed by atoms with Crippen LogP contribution in [0, 0.1) is 0 Å². The number of anilines is 1. The number of allylic oxidation sites excluding steroid dienone is 4. The molecule has 0 saturated carbocycles. The predicted octanol–water partition coefficient (Wildman–Crippen LogP) is 3.09. The van der Waals surface area contributed by atoms with Gasteiger partial charge in [0.2, 0.25) is 0 Å². The maximum Gasteiger partial charge on any atom is 0.131 e. The molecule has 0 unspecified atom stereocenters. The highest BCUT2D eigenvalue weighted by atomic mass is 15.0. The maximum absolute atomic E-state index is 5.94. The molecule has 1 N–H and O–H groups in total. The van der Waals surface area contributed by atoms with Crippen LogP contribution in [0.5, 0.6) is 0 Å². The quantitative estimate of drug-likeness (QED) is 0.662. The van der Waals surface area contributed by atoms with E-state index in [1.165, 1.54) is 0 Å². The molecule has 0 fully saturated rings. The first-order valence-electron chi connectivity index (χ1n) is 6.12. The lowest BCUT2D eigenvalue weighted by atomic mass is 9.93. The van der Waals surface area contributed by atoms with Gasteiger partial charge in [0.15, 0.2) is 0 Å². The number of rotatable bonds is 4. The SMILES string of the molecule is [B]c1cccc2ccc(NC(/C=C\C=C)=C/C)nc12. The molecule has 0 spiro atoms. The Morgan fingerprint density at radius 2 is 2.16 bits per heavy atom. The van der Waals surface area contributed by atoms with Crippen molar-refractivity contribution in [2.24, 2.45) is 0 Å². The predicted molar refractivity (Wildman–Crippen MR) is 83.8 cm³/mol. The summed E-state index contributed by atoms with van der Waals surface area (Å²) in [5.41, 5.74) is 2.46. The summed E-state index contributed by atoms with van der Waals surface area (Å²) in [6.45, 7) is 5.62. The van der Waals surface area contributed by atoms with Crippen LogP contribution in [-0.2, 0) is 0 Å². The van der Waals surface area contributed by atoms with Crippen molar-refractivity contribution in [3.05, 3.63) is 66.9 Å². The van der Waals surface area contributed by atoms with Gasteiger partial charge in [0.1, 0.15) is 13.7 Å². The van der Waals surface area contributed by atoms with Crippen molar-refractivity contribution in [3.8, 4) is 0 Å². The fourth-order valence-corrected chi connectivity index (χ4v) is 1.77. The molecule has 92 valence electrons. The molecule has 0 aliphatic carbocycles. The third kappa shape index (κ3) is 3.13. The Morgan fingerprint density at radius 1 is 1.32 bits per heavy atom. The first-order valence-corrected chi connectivity index (χ1v) is 6.12. The van der Waals surface area contributed by atoms with Gasteiger partial charge in [0.25, 0.3) is 0 Å². The monoisotopic (exact) mass is 246 g/mol. The fourth-order valence-electron chi connectivity index (χ4n) is 1.77. The van der Waals surface area contributed by atoms with E-state index in [0.29, 0.717) is 5.46 Å². The van der Waals surface area contributed by atoms with E-state index in [0.717, 1.165) is 22.4 Å². The molecular formula is C16H15BN2. The number of aromatic nitrogens is 1. The third-order valence-corrected chi connectivity index (χ3v) is 2.75. The molecule has 2 nitrogen and oxygen atoms in total. The Balaban J connectivity index is 2.33. The van der Waals surface area contributed by atoms with Crippen molar-refractivity contribution in [1.82, 2.24) is 4.98 Å². The molecule has 1 aromatic heterocycles. The van der Waals surface area contributed by atoms with E-state index < -0.39 is 0 Å². The first-order chi connectivity index (χ1) is 9.24. The zero-order valence-corrected chi connectivity index (χ0v) is 10.9. The molecule has 0 aliphatic rings. The van der Waals surface area contributed by atoms with Crippen molar-refractivity contribution in [3.63, 3.8) is 0 Å². The van der Waals surface area contributed by atoms with Gasteiger partial charge in [-0.15, -0.1) is 0 Å². The number of para-hydroxylation sites is 1. The molecular weight excluding hydrogens is 231 g/mol. The zero-order valence-electron chi connectivity index (χ0n) is 10.9. The second-order valence-corrected chi connectivity index (χ2v) is 4.08. The van der Waals surface area contributed by atoms with Gasteiger partial charge in [0.05, 0.1) is 5.52 Å². The molecule has 2 rings (SSSR count). The van der Waals surface area contributed by atoms with Crippen LogP contribution < -0.4 is 10.8 Å². The number of fused-ring (bicyclic) bond motifs is 1. The lowest BCUT2D eigenvalue weighted by molar-refractivity contribution is 1.33. The van der Waals surface area contributed by atoms with Gasteiger partial charge < -0.3 is 5.32 Å². The second-order valence-electron chi connectivity index (χ2n) is 4.08. The minimum Gasteiger partial charge on any atom is -0.341 e. The lowest BCUT2D eigenvalue weighted by Crippen LogP contribution is -2.07. The summed E-state index contributed by atoms with van der Waals surface area (Å²) >= 11 is 0. The molecule has 3 heteroatoms. The summed E-state index contributed by atoms with van der Waals surface area (Å²) in [6.07, 6.45) is 7.52. The van der Waals surface area contributed by atoms with Crippen LogP contribution in [0.15, 0.2) is 66.9 Å². The van der Waals surface area contributed by atoms with Crippen LogP contribution in [0.2, 0.25) is 0 Å². The van der Waals surface area contributed by atoms with E-state index >= 15 is 0 Å². The van der Waals surface area contributed by atoms with Gasteiger partial charge in [-0.25, -0.2) is 4.98 Å². The third-order valence-electron chi connectivity index (χ3n) is 2.75. The molecule has 2 aromatic rings. The van der Waals surface area contributed by atoms with E-state index in [4.69, 9.17) is 7.85 Å². The van der Waals surface area contributed by atoms with Gasteiger partial charge in [-0.2, -0.15) is 0 Å². The Morgan fingerprint density at radius 3 is 2.89 bits per heavy atom. The summed E-state index contributed by atoms with van der Waals surface area (Å²) < 4.78 is 0. The molecule has 19 heavy (non-hydrogen) atoms. The number of nitrogens with zero attached hydrogens (tertiary/aromatic N) is 1. The molecule has 1 aromatic carbocycles. The summed E-state index contributed by atoms with van der Waals surface area (Å²) in [7, 11) is 5.94. The van der Waals surface area contributed by atoms with Gasteiger partial charge in [-0.1, -0.05) is 48.5 Å². The van der Waals surface area contributed by atoms with Crippen molar-refractivity contribution >= 4 is 30.0 Å². The Hall–Kier alpha value is -2.29. The summed E-state index contributed by atoms with van der Waals surface area (Å²) in [6, 6.07) is 9.72. The van der Waals surface area contributed by atoms with Crippen molar-refractivity contribution < 1.29 is 0 Å².